The van der Waals surface area contributed by atoms with Gasteiger partial charge in [0.2, 0.25) is 5.16 Å². The number of imidazole rings is 1. The molecule has 0 bridgehead atoms. The summed E-state index contributed by atoms with van der Waals surface area (Å²) in [4.78, 5) is 9.70. The fourth-order valence-electron chi connectivity index (χ4n) is 1.52. The van der Waals surface area contributed by atoms with Crippen molar-refractivity contribution >= 4 is 10.0 Å². The molecule has 21 heavy (non-hydrogen) atoms. The number of hydrogen-bond acceptors (Lipinski definition) is 4. The molecule has 0 aliphatic carbocycles. The molecular weight excluding hydrogens is 309 g/mol. The third-order valence-corrected chi connectivity index (χ3v) is 3.87. The number of alkyl halides is 3. The van der Waals surface area contributed by atoms with Gasteiger partial charge in [0.15, 0.2) is 0 Å². The van der Waals surface area contributed by atoms with E-state index in [0.29, 0.717) is 5.69 Å². The second-order valence-electron chi connectivity index (χ2n) is 4.08. The second-order valence-corrected chi connectivity index (χ2v) is 5.76. The van der Waals surface area contributed by atoms with E-state index in [-0.39, 0.29) is 18.1 Å². The Kier molecular flexibility index (Phi) is 4.28. The Labute approximate surface area is 118 Å². The van der Waals surface area contributed by atoms with E-state index in [1.807, 2.05) is 0 Å². The molecule has 0 saturated carbocycles. The molecule has 0 aliphatic rings. The predicted molar refractivity (Wildman–Crippen MR) is 66.7 cm³/mol. The number of aromatic amines is 1. The Morgan fingerprint density at radius 3 is 2.52 bits per heavy atom. The highest BCUT2D eigenvalue weighted by molar-refractivity contribution is 7.89. The molecule has 0 unspecified atom stereocenters. The minimum absolute atomic E-state index is 0.00139. The number of nitrogens with zero attached hydrogens (tertiary/aromatic N) is 2. The number of nitrogens with one attached hydrogen (secondary N) is 2. The van der Waals surface area contributed by atoms with Gasteiger partial charge >= 0.3 is 6.18 Å². The van der Waals surface area contributed by atoms with Gasteiger partial charge in [0.1, 0.15) is 0 Å². The van der Waals surface area contributed by atoms with Crippen LogP contribution < -0.4 is 4.72 Å². The molecule has 2 heterocycles. The number of aromatic nitrogens is 3. The summed E-state index contributed by atoms with van der Waals surface area (Å²) in [6.07, 6.45) is -0.890. The van der Waals surface area contributed by atoms with Gasteiger partial charge < -0.3 is 4.98 Å². The standard InChI is InChI=1S/C11H11F3N4O2S/c12-11(13,14)8-1-2-9(17-7-8)3-4-18-21(19,20)10-15-5-6-16-10/h1-2,5-7,18H,3-4H2,(H,15,16). The van der Waals surface area contributed by atoms with Crippen LogP contribution in [0.25, 0.3) is 0 Å². The molecule has 114 valence electrons. The topological polar surface area (TPSA) is 87.7 Å². The van der Waals surface area contributed by atoms with Gasteiger partial charge in [-0.15, -0.1) is 0 Å². The van der Waals surface area contributed by atoms with Gasteiger partial charge in [0.05, 0.1) is 5.56 Å². The molecule has 2 rings (SSSR count). The first-order valence-electron chi connectivity index (χ1n) is 5.80. The van der Waals surface area contributed by atoms with E-state index in [1.165, 1.54) is 18.5 Å². The first-order chi connectivity index (χ1) is 9.79. The maximum atomic E-state index is 12.3. The summed E-state index contributed by atoms with van der Waals surface area (Å²) in [5, 5.41) is -0.220. The maximum Gasteiger partial charge on any atom is 0.417 e. The summed E-state index contributed by atoms with van der Waals surface area (Å²) < 4.78 is 62.7. The lowest BCUT2D eigenvalue weighted by molar-refractivity contribution is -0.137. The van der Waals surface area contributed by atoms with Crippen LogP contribution in [0.5, 0.6) is 0 Å². The minimum Gasteiger partial charge on any atom is -0.334 e. The zero-order chi connectivity index (χ0) is 15.5. The van der Waals surface area contributed by atoms with Crippen molar-refractivity contribution in [2.75, 3.05) is 6.54 Å². The molecule has 0 aromatic carbocycles. The van der Waals surface area contributed by atoms with Crippen molar-refractivity contribution in [2.24, 2.45) is 0 Å². The number of sulfonamides is 1. The Bertz CT molecular complexity index is 681. The Hall–Kier alpha value is -1.94. The van der Waals surface area contributed by atoms with E-state index in [2.05, 4.69) is 19.7 Å². The van der Waals surface area contributed by atoms with Crippen LogP contribution >= 0.6 is 0 Å². The third kappa shape index (κ3) is 4.02. The van der Waals surface area contributed by atoms with Gasteiger partial charge in [-0.25, -0.2) is 18.1 Å². The number of rotatable bonds is 5. The summed E-state index contributed by atoms with van der Waals surface area (Å²) in [6.45, 7) is 0.00139. The highest BCUT2D eigenvalue weighted by Gasteiger charge is 2.30. The van der Waals surface area contributed by atoms with Crippen molar-refractivity contribution in [3.8, 4) is 0 Å². The van der Waals surface area contributed by atoms with Gasteiger partial charge in [-0.05, 0) is 12.1 Å². The van der Waals surface area contributed by atoms with Gasteiger partial charge in [-0.1, -0.05) is 0 Å². The zero-order valence-corrected chi connectivity index (χ0v) is 11.4. The quantitative estimate of drug-likeness (QED) is 0.870. The maximum absolute atomic E-state index is 12.3. The van der Waals surface area contributed by atoms with Crippen molar-refractivity contribution in [3.05, 3.63) is 42.0 Å². The van der Waals surface area contributed by atoms with Gasteiger partial charge in [0, 0.05) is 37.3 Å². The molecule has 2 aromatic heterocycles. The van der Waals surface area contributed by atoms with Crippen molar-refractivity contribution in [2.45, 2.75) is 17.8 Å². The SMILES string of the molecule is O=S(=O)(NCCc1ccc(C(F)(F)F)cn1)c1ncc[nH]1. The second kappa shape index (κ2) is 5.82. The average Bonchev–Trinajstić information content (AvgIpc) is 2.92. The molecule has 0 spiro atoms. The smallest absolute Gasteiger partial charge is 0.334 e. The van der Waals surface area contributed by atoms with E-state index in [0.717, 1.165) is 12.3 Å². The summed E-state index contributed by atoms with van der Waals surface area (Å²) >= 11 is 0. The Morgan fingerprint density at radius 2 is 2.00 bits per heavy atom. The minimum atomic E-state index is -4.44. The van der Waals surface area contributed by atoms with E-state index >= 15 is 0 Å². The third-order valence-electron chi connectivity index (χ3n) is 2.55. The molecule has 10 heteroatoms. The van der Waals surface area contributed by atoms with E-state index in [9.17, 15) is 21.6 Å². The van der Waals surface area contributed by atoms with Crippen LogP contribution in [0.4, 0.5) is 13.2 Å². The molecule has 0 saturated heterocycles. The predicted octanol–water partition coefficient (Wildman–Crippen LogP) is 1.34. The van der Waals surface area contributed by atoms with Crippen LogP contribution in [0.3, 0.4) is 0 Å². The van der Waals surface area contributed by atoms with Crippen LogP contribution in [-0.4, -0.2) is 29.9 Å². The zero-order valence-electron chi connectivity index (χ0n) is 10.6. The molecule has 2 aromatic rings. The highest BCUT2D eigenvalue weighted by atomic mass is 32.2. The summed E-state index contributed by atoms with van der Waals surface area (Å²) in [5.41, 5.74) is -0.493. The molecule has 0 radical (unpaired) electrons. The molecule has 0 amide bonds. The van der Waals surface area contributed by atoms with E-state index in [1.54, 1.807) is 0 Å². The number of halogens is 3. The fraction of sp³-hybridized carbons (Fsp3) is 0.273. The summed E-state index contributed by atoms with van der Waals surface area (Å²) in [5.74, 6) is 0. The summed E-state index contributed by atoms with van der Waals surface area (Å²) in [6, 6.07) is 2.12. The van der Waals surface area contributed by atoms with Crippen molar-refractivity contribution < 1.29 is 21.6 Å². The van der Waals surface area contributed by atoms with Crippen molar-refractivity contribution in [1.29, 1.82) is 0 Å². The molecule has 0 fully saturated rings. The van der Waals surface area contributed by atoms with Crippen LogP contribution in [0.15, 0.2) is 35.9 Å². The largest absolute Gasteiger partial charge is 0.417 e. The van der Waals surface area contributed by atoms with Crippen molar-refractivity contribution in [1.82, 2.24) is 19.7 Å². The summed E-state index contributed by atoms with van der Waals surface area (Å²) in [7, 11) is -3.74. The Morgan fingerprint density at radius 1 is 1.24 bits per heavy atom. The van der Waals surface area contributed by atoms with Crippen LogP contribution in [0, 0.1) is 0 Å². The molecule has 0 aliphatic heterocycles. The monoisotopic (exact) mass is 320 g/mol. The van der Waals surface area contributed by atoms with E-state index in [4.69, 9.17) is 0 Å². The first kappa shape index (κ1) is 15.4. The lowest BCUT2D eigenvalue weighted by Crippen LogP contribution is -2.27. The number of H-pyrrole nitrogens is 1. The lowest BCUT2D eigenvalue weighted by Gasteiger charge is -2.07. The molecule has 6 nitrogen and oxygen atoms in total. The fourth-order valence-corrected chi connectivity index (χ4v) is 2.45. The average molecular weight is 320 g/mol. The first-order valence-corrected chi connectivity index (χ1v) is 7.28. The lowest BCUT2D eigenvalue weighted by atomic mass is 10.2. The molecular formula is C11H11F3N4O2S. The van der Waals surface area contributed by atoms with Gasteiger partial charge in [0.25, 0.3) is 10.0 Å². The van der Waals surface area contributed by atoms with Crippen LogP contribution in [0.1, 0.15) is 11.3 Å². The van der Waals surface area contributed by atoms with Crippen LogP contribution in [-0.2, 0) is 22.6 Å². The normalized spacial score (nSPS) is 12.5. The Balaban J connectivity index is 1.92. The van der Waals surface area contributed by atoms with Gasteiger partial charge in [-0.3, -0.25) is 4.98 Å². The highest BCUT2D eigenvalue weighted by Crippen LogP contribution is 2.28. The van der Waals surface area contributed by atoms with Gasteiger partial charge in [-0.2, -0.15) is 13.2 Å². The van der Waals surface area contributed by atoms with Crippen molar-refractivity contribution in [3.63, 3.8) is 0 Å². The molecule has 0 atom stereocenters. The van der Waals surface area contributed by atoms with E-state index < -0.39 is 21.8 Å². The van der Waals surface area contributed by atoms with Crippen LogP contribution in [0.2, 0.25) is 0 Å². The number of hydrogen-bond donors (Lipinski definition) is 2. The number of pyridine rings is 1. The molecule has 2 N–H and O–H groups in total.